The van der Waals surface area contributed by atoms with E-state index in [0.717, 1.165) is 46.2 Å². The molecule has 2 rings (SSSR count). The maximum atomic E-state index is 11.9. The Balaban J connectivity index is 1.77. The van der Waals surface area contributed by atoms with E-state index in [-0.39, 0.29) is 11.5 Å². The molecule has 1 spiro atoms. The van der Waals surface area contributed by atoms with Crippen molar-refractivity contribution in [3.05, 3.63) is 0 Å². The molecule has 0 aromatic carbocycles. The Labute approximate surface area is 115 Å². The van der Waals surface area contributed by atoms with Gasteiger partial charge in [0.25, 0.3) is 0 Å². The van der Waals surface area contributed by atoms with Crippen LogP contribution < -0.4 is 0 Å². The number of carbonyl (C=O) groups is 1. The van der Waals surface area contributed by atoms with E-state index in [1.54, 1.807) is 4.90 Å². The molecule has 0 bridgehead atoms. The molecule has 0 aromatic heterocycles. The summed E-state index contributed by atoms with van der Waals surface area (Å²) in [6.07, 6.45) is 2.47. The van der Waals surface area contributed by atoms with Crippen molar-refractivity contribution < 1.29 is 14.2 Å². The summed E-state index contributed by atoms with van der Waals surface area (Å²) in [6, 6.07) is 0. The van der Waals surface area contributed by atoms with Gasteiger partial charge in [-0.2, -0.15) is 0 Å². The van der Waals surface area contributed by atoms with Gasteiger partial charge in [-0.15, -0.1) is 0 Å². The third kappa shape index (κ3) is 3.56. The topological polar surface area (TPSA) is 49.9 Å². The number of carbonyl (C=O) groups excluding carboxylic acids is 1. The van der Waals surface area contributed by atoms with Gasteiger partial charge in [0.2, 0.25) is 0 Å². The maximum absolute atomic E-state index is 11.9. The van der Waals surface area contributed by atoms with Gasteiger partial charge in [-0.1, -0.05) is 0 Å². The predicted molar refractivity (Wildman–Crippen MR) is 72.4 cm³/mol. The normalized spacial score (nSPS) is 22.8. The summed E-state index contributed by atoms with van der Waals surface area (Å²) < 4.78 is 15.8. The summed E-state index contributed by atoms with van der Waals surface area (Å²) in [5, 5.41) is 0. The molecule has 1 amide bonds. The van der Waals surface area contributed by atoms with E-state index in [2.05, 4.69) is 4.90 Å². The summed E-state index contributed by atoms with van der Waals surface area (Å²) in [5.74, 6) is 0. The van der Waals surface area contributed by atoms with E-state index in [4.69, 9.17) is 4.74 Å². The fraction of sp³-hybridized carbons (Fsp3) is 0.923. The van der Waals surface area contributed by atoms with Crippen molar-refractivity contribution in [2.24, 2.45) is 5.41 Å². The summed E-state index contributed by atoms with van der Waals surface area (Å²) >= 11 is 0. The number of nitrogens with zero attached hydrogens (tertiary/aromatic N) is 2. The van der Waals surface area contributed by atoms with E-state index in [9.17, 15) is 9.50 Å². The Hall–Kier alpha value is -0.905. The van der Waals surface area contributed by atoms with Gasteiger partial charge in [-0.05, 0) is 0 Å². The van der Waals surface area contributed by atoms with Gasteiger partial charge in [0.15, 0.2) is 0 Å². The summed E-state index contributed by atoms with van der Waals surface area (Å²) in [5.41, 5.74) is -0.149. The molecule has 0 atom stereocenters. The van der Waals surface area contributed by atoms with Gasteiger partial charge >= 0.3 is 115 Å². The number of amides is 1. The van der Waals surface area contributed by atoms with Crippen molar-refractivity contribution in [1.29, 1.82) is 0 Å². The first-order valence-corrected chi connectivity index (χ1v) is 6.98. The fourth-order valence-corrected chi connectivity index (χ4v) is 2.85. The second-order valence-electron chi connectivity index (χ2n) is 6.80. The van der Waals surface area contributed by atoms with E-state index in [1.165, 1.54) is 0 Å². The molecular formula is C13H23BN2O3. The average Bonchev–Trinajstić information content (AvgIpc) is 2.25. The van der Waals surface area contributed by atoms with Gasteiger partial charge in [-0.25, -0.2) is 0 Å². The Morgan fingerprint density at radius 2 is 1.84 bits per heavy atom. The van der Waals surface area contributed by atoms with Crippen LogP contribution in [0.25, 0.3) is 0 Å². The zero-order chi connectivity index (χ0) is 14.1. The molecule has 0 unspecified atom stereocenters. The van der Waals surface area contributed by atoms with Gasteiger partial charge in [0.1, 0.15) is 0 Å². The Morgan fingerprint density at radius 3 is 2.32 bits per heavy atom. The van der Waals surface area contributed by atoms with Crippen LogP contribution in [0.15, 0.2) is 0 Å². The molecular weight excluding hydrogens is 243 g/mol. The van der Waals surface area contributed by atoms with Crippen LogP contribution in [0.2, 0.25) is 0 Å². The van der Waals surface area contributed by atoms with Crippen LogP contribution in [0.4, 0.5) is 4.79 Å². The zero-order valence-electron chi connectivity index (χ0n) is 12.1. The first kappa shape index (κ1) is 14.5. The van der Waals surface area contributed by atoms with Crippen LogP contribution in [0, 0.1) is 5.41 Å². The molecule has 0 saturated carbocycles. The zero-order valence-corrected chi connectivity index (χ0v) is 12.1. The first-order chi connectivity index (χ1) is 8.84. The third-order valence-corrected chi connectivity index (χ3v) is 3.95. The van der Waals surface area contributed by atoms with E-state index < -0.39 is 5.60 Å². The predicted octanol–water partition coefficient (Wildman–Crippen LogP) is 1.33. The van der Waals surface area contributed by atoms with E-state index in [0.29, 0.717) is 6.44 Å². The van der Waals surface area contributed by atoms with Gasteiger partial charge in [0.05, 0.1) is 0 Å². The van der Waals surface area contributed by atoms with Crippen LogP contribution in [-0.2, 0) is 9.44 Å². The second kappa shape index (κ2) is 5.23. The molecule has 19 heavy (non-hydrogen) atoms. The number of rotatable bonds is 2. The summed E-state index contributed by atoms with van der Waals surface area (Å²) in [4.78, 5) is 15.8. The minimum atomic E-state index is -0.423. The van der Waals surface area contributed by atoms with Gasteiger partial charge in [0, 0.05) is 0 Å². The standard InChI is InChI=1S/C13H23BN2O3/c1-12(2,3)19-11(17)16-8-13(9-16)4-6-15(7-5-13)10-14-18/h4-10H2,1-3H3. The SMILES string of the molecule is CC(C)(C)OC(=O)N1CC2(CCN(CB=O)CC2)C1. The molecule has 0 radical (unpaired) electrons. The van der Waals surface area contributed by atoms with Crippen molar-refractivity contribution in [3.63, 3.8) is 0 Å². The number of likely N-dealkylation sites (tertiary alicyclic amines) is 2. The Morgan fingerprint density at radius 1 is 1.26 bits per heavy atom. The van der Waals surface area contributed by atoms with Gasteiger partial charge < -0.3 is 0 Å². The fourth-order valence-electron chi connectivity index (χ4n) is 2.85. The molecule has 2 aliphatic rings. The molecule has 0 aliphatic carbocycles. The molecule has 106 valence electrons. The van der Waals surface area contributed by atoms with Crippen LogP contribution in [0.1, 0.15) is 33.6 Å². The molecule has 6 heteroatoms. The number of hydrogen-bond donors (Lipinski definition) is 0. The summed E-state index contributed by atoms with van der Waals surface area (Å²) in [7, 11) is 0.964. The minimum absolute atomic E-state index is 0.201. The van der Waals surface area contributed by atoms with Gasteiger partial charge in [-0.3, -0.25) is 0 Å². The molecule has 2 heterocycles. The monoisotopic (exact) mass is 266 g/mol. The first-order valence-electron chi connectivity index (χ1n) is 6.98. The van der Waals surface area contributed by atoms with Crippen molar-refractivity contribution in [2.75, 3.05) is 32.6 Å². The summed E-state index contributed by atoms with van der Waals surface area (Å²) in [6.45, 7) is 9.19. The molecule has 0 aromatic rings. The molecule has 0 N–H and O–H groups in total. The Kier molecular flexibility index (Phi) is 3.99. The van der Waals surface area contributed by atoms with Crippen LogP contribution in [0.3, 0.4) is 0 Å². The van der Waals surface area contributed by atoms with Crippen LogP contribution in [0.5, 0.6) is 0 Å². The van der Waals surface area contributed by atoms with Crippen molar-refractivity contribution >= 4 is 13.2 Å². The molecule has 2 fully saturated rings. The molecule has 2 saturated heterocycles. The third-order valence-electron chi connectivity index (χ3n) is 3.95. The van der Waals surface area contributed by atoms with E-state index in [1.807, 2.05) is 20.8 Å². The van der Waals surface area contributed by atoms with E-state index >= 15 is 0 Å². The van der Waals surface area contributed by atoms with Crippen LogP contribution >= 0.6 is 0 Å². The number of hydrogen-bond acceptors (Lipinski definition) is 4. The Bertz CT molecular complexity index is 351. The number of piperidine rings is 1. The van der Waals surface area contributed by atoms with Crippen molar-refractivity contribution in [3.8, 4) is 0 Å². The van der Waals surface area contributed by atoms with Crippen molar-refractivity contribution in [1.82, 2.24) is 9.80 Å². The van der Waals surface area contributed by atoms with Crippen molar-refractivity contribution in [2.45, 2.75) is 39.2 Å². The van der Waals surface area contributed by atoms with Crippen LogP contribution in [-0.4, -0.2) is 61.3 Å². The second-order valence-corrected chi connectivity index (χ2v) is 6.80. The number of ether oxygens (including phenoxy) is 1. The quantitative estimate of drug-likeness (QED) is 0.707. The molecule has 2 aliphatic heterocycles. The average molecular weight is 266 g/mol. The molecule has 5 nitrogen and oxygen atoms in total.